The minimum Gasteiger partial charge on any atom is -0.493 e. The van der Waals surface area contributed by atoms with Crippen molar-refractivity contribution in [3.8, 4) is 16.2 Å². The number of ether oxygens (including phenoxy) is 1. The fourth-order valence-electron chi connectivity index (χ4n) is 4.83. The summed E-state index contributed by atoms with van der Waals surface area (Å²) >= 11 is 1.32. The van der Waals surface area contributed by atoms with Crippen LogP contribution in [0.15, 0.2) is 90.2 Å². The number of carboxylic acid groups (broad SMARTS) is 1. The molecule has 2 heterocycles. The van der Waals surface area contributed by atoms with Crippen LogP contribution >= 0.6 is 11.3 Å². The summed E-state index contributed by atoms with van der Waals surface area (Å²) in [7, 11) is 0. The van der Waals surface area contributed by atoms with Crippen molar-refractivity contribution < 1.29 is 14.6 Å². The van der Waals surface area contributed by atoms with Gasteiger partial charge in [0.2, 0.25) is 0 Å². The van der Waals surface area contributed by atoms with Crippen molar-refractivity contribution >= 4 is 32.9 Å². The molecule has 5 nitrogen and oxygen atoms in total. The second-order valence-corrected chi connectivity index (χ2v) is 10.4. The molecule has 1 N–H and O–H groups in total. The van der Waals surface area contributed by atoms with E-state index in [9.17, 15) is 14.7 Å². The number of carboxylic acids is 1. The largest absolute Gasteiger partial charge is 0.493 e. The molecule has 0 radical (unpaired) electrons. The summed E-state index contributed by atoms with van der Waals surface area (Å²) in [5.74, 6) is -0.352. The number of hydrogen-bond acceptors (Lipinski definition) is 4. The maximum atomic E-state index is 13.2. The molecule has 5 rings (SSSR count). The maximum absolute atomic E-state index is 13.2. The topological polar surface area (TPSA) is 68.0 Å². The molecule has 3 aromatic carbocycles. The van der Waals surface area contributed by atoms with Crippen LogP contribution in [-0.2, 0) is 6.42 Å². The zero-order valence-electron chi connectivity index (χ0n) is 21.3. The Morgan fingerprint density at radius 1 is 1.05 bits per heavy atom. The highest BCUT2D eigenvalue weighted by Gasteiger charge is 2.22. The summed E-state index contributed by atoms with van der Waals surface area (Å²) in [5.41, 5.74) is 3.30. The van der Waals surface area contributed by atoms with Crippen LogP contribution in [0.2, 0.25) is 0 Å². The standard InChI is InChI=1S/C32H29NO4S/c1-3-4-5-8-16-37-27-15-14-25(17-21(27)2)31-30(32(35)36)33-28(34)19-22(20-29(33)38-31)18-24-12-9-11-23-10-6-7-13-26(23)24/h3,6-7,9-15,17,19-20H,1,4-5,8,16,18H2,2H3,(H,35,36). The molecule has 0 spiro atoms. The smallest absolute Gasteiger partial charge is 0.354 e. The van der Waals surface area contributed by atoms with Crippen molar-refractivity contribution in [3.05, 3.63) is 118 Å². The van der Waals surface area contributed by atoms with Gasteiger partial charge in [0.1, 0.15) is 10.6 Å². The van der Waals surface area contributed by atoms with Gasteiger partial charge in [0.15, 0.2) is 5.69 Å². The fourth-order valence-corrected chi connectivity index (χ4v) is 6.04. The van der Waals surface area contributed by atoms with Crippen molar-refractivity contribution in [2.75, 3.05) is 6.61 Å². The lowest BCUT2D eigenvalue weighted by Gasteiger charge is -2.10. The van der Waals surface area contributed by atoms with Crippen molar-refractivity contribution in [2.24, 2.45) is 0 Å². The number of hydrogen-bond donors (Lipinski definition) is 1. The van der Waals surface area contributed by atoms with Crippen molar-refractivity contribution in [1.82, 2.24) is 4.40 Å². The minimum absolute atomic E-state index is 0.01000. The van der Waals surface area contributed by atoms with E-state index in [4.69, 9.17) is 4.74 Å². The molecule has 0 amide bonds. The fraction of sp³-hybridized carbons (Fsp3) is 0.188. The molecule has 0 unspecified atom stereocenters. The summed E-state index contributed by atoms with van der Waals surface area (Å²) in [5, 5.41) is 12.4. The Labute approximate surface area is 225 Å². The molecule has 5 aromatic rings. The van der Waals surface area contributed by atoms with Gasteiger partial charge in [-0.3, -0.25) is 9.20 Å². The Morgan fingerprint density at radius 3 is 2.66 bits per heavy atom. The highest BCUT2D eigenvalue weighted by atomic mass is 32.1. The molecule has 2 aromatic heterocycles. The monoisotopic (exact) mass is 523 g/mol. The van der Waals surface area contributed by atoms with Gasteiger partial charge in [-0.1, -0.05) is 48.5 Å². The van der Waals surface area contributed by atoms with E-state index in [-0.39, 0.29) is 11.3 Å². The number of allylic oxidation sites excluding steroid dienone is 1. The van der Waals surface area contributed by atoms with Crippen LogP contribution in [0, 0.1) is 6.92 Å². The summed E-state index contributed by atoms with van der Waals surface area (Å²) in [4.78, 5) is 26.7. The molecule has 0 aliphatic rings. The van der Waals surface area contributed by atoms with E-state index >= 15 is 0 Å². The molecular formula is C32H29NO4S. The number of rotatable bonds is 10. The maximum Gasteiger partial charge on any atom is 0.354 e. The summed E-state index contributed by atoms with van der Waals surface area (Å²) < 4.78 is 7.24. The Balaban J connectivity index is 1.50. The normalized spacial score (nSPS) is 11.2. The number of thiazole rings is 1. The number of carbonyl (C=O) groups is 1. The van der Waals surface area contributed by atoms with Crippen molar-refractivity contribution in [2.45, 2.75) is 32.6 Å². The zero-order valence-corrected chi connectivity index (χ0v) is 22.1. The first-order chi connectivity index (χ1) is 18.5. The van der Waals surface area contributed by atoms with E-state index in [0.29, 0.717) is 22.7 Å². The number of aromatic carboxylic acids is 1. The first-order valence-corrected chi connectivity index (χ1v) is 13.5. The lowest BCUT2D eigenvalue weighted by molar-refractivity contribution is 0.0690. The summed E-state index contributed by atoms with van der Waals surface area (Å²) in [6, 6.07) is 23.5. The van der Waals surface area contributed by atoms with Gasteiger partial charge in [-0.25, -0.2) is 4.79 Å². The summed E-state index contributed by atoms with van der Waals surface area (Å²) in [6.07, 6.45) is 5.43. The molecule has 0 atom stereocenters. The molecule has 192 valence electrons. The first kappa shape index (κ1) is 25.5. The van der Waals surface area contributed by atoms with Gasteiger partial charge in [0.05, 0.1) is 11.5 Å². The van der Waals surface area contributed by atoms with Crippen LogP contribution in [0.25, 0.3) is 26.0 Å². The molecule has 0 aliphatic heterocycles. The highest BCUT2D eigenvalue weighted by Crippen LogP contribution is 2.35. The average molecular weight is 524 g/mol. The van der Waals surface area contributed by atoms with E-state index < -0.39 is 5.97 Å². The lowest BCUT2D eigenvalue weighted by atomic mass is 9.99. The molecule has 6 heteroatoms. The molecule has 38 heavy (non-hydrogen) atoms. The second-order valence-electron chi connectivity index (χ2n) is 9.39. The third-order valence-corrected chi connectivity index (χ3v) is 7.82. The number of benzene rings is 3. The molecule has 0 saturated heterocycles. The van der Waals surface area contributed by atoms with Crippen LogP contribution in [0.5, 0.6) is 5.75 Å². The van der Waals surface area contributed by atoms with Crippen LogP contribution in [-0.4, -0.2) is 22.1 Å². The molecular weight excluding hydrogens is 494 g/mol. The van der Waals surface area contributed by atoms with E-state index in [1.807, 2.05) is 55.5 Å². The Bertz CT molecular complexity index is 1710. The number of aromatic nitrogens is 1. The minimum atomic E-state index is -1.13. The van der Waals surface area contributed by atoms with Gasteiger partial charge < -0.3 is 9.84 Å². The third-order valence-electron chi connectivity index (χ3n) is 6.68. The van der Waals surface area contributed by atoms with E-state index in [0.717, 1.165) is 58.0 Å². The number of aryl methyl sites for hydroxylation is 1. The van der Waals surface area contributed by atoms with Gasteiger partial charge in [-0.05, 0) is 89.9 Å². The van der Waals surface area contributed by atoms with Crippen LogP contribution in [0.4, 0.5) is 0 Å². The molecule has 0 saturated carbocycles. The van der Waals surface area contributed by atoms with Gasteiger partial charge in [-0.2, -0.15) is 0 Å². The predicted molar refractivity (Wildman–Crippen MR) is 155 cm³/mol. The Morgan fingerprint density at radius 2 is 1.87 bits per heavy atom. The number of nitrogens with zero attached hydrogens (tertiary/aromatic N) is 1. The van der Waals surface area contributed by atoms with E-state index in [1.54, 1.807) is 6.07 Å². The SMILES string of the molecule is C=CCCCCOc1ccc(-c2sc3cc(Cc4cccc5ccccc45)cc(=O)n3c2C(=O)O)cc1C. The first-order valence-electron chi connectivity index (χ1n) is 12.7. The van der Waals surface area contributed by atoms with Gasteiger partial charge in [0.25, 0.3) is 5.56 Å². The van der Waals surface area contributed by atoms with E-state index in [2.05, 4.69) is 30.8 Å². The van der Waals surface area contributed by atoms with Crippen molar-refractivity contribution in [3.63, 3.8) is 0 Å². The van der Waals surface area contributed by atoms with Crippen molar-refractivity contribution in [1.29, 1.82) is 0 Å². The number of pyridine rings is 1. The summed E-state index contributed by atoms with van der Waals surface area (Å²) in [6.45, 7) is 6.31. The molecule has 0 bridgehead atoms. The van der Waals surface area contributed by atoms with Crippen LogP contribution < -0.4 is 10.3 Å². The van der Waals surface area contributed by atoms with Crippen LogP contribution in [0.3, 0.4) is 0 Å². The Kier molecular flexibility index (Phi) is 7.43. The van der Waals surface area contributed by atoms with Gasteiger partial charge >= 0.3 is 5.97 Å². The predicted octanol–water partition coefficient (Wildman–Crippen LogP) is 7.51. The van der Waals surface area contributed by atoms with Gasteiger partial charge in [0, 0.05) is 6.07 Å². The second kappa shape index (κ2) is 11.1. The number of unbranched alkanes of at least 4 members (excludes halogenated alkanes) is 2. The van der Waals surface area contributed by atoms with Crippen LogP contribution in [0.1, 0.15) is 46.4 Å². The third kappa shape index (κ3) is 5.13. The number of fused-ring (bicyclic) bond motifs is 2. The molecule has 0 fully saturated rings. The molecule has 0 aliphatic carbocycles. The van der Waals surface area contributed by atoms with E-state index in [1.165, 1.54) is 15.7 Å². The quantitative estimate of drug-likeness (QED) is 0.152. The highest BCUT2D eigenvalue weighted by molar-refractivity contribution is 7.21. The Hall–Kier alpha value is -4.16. The zero-order chi connectivity index (χ0) is 26.6. The lowest BCUT2D eigenvalue weighted by Crippen LogP contribution is -2.17. The average Bonchev–Trinajstić information content (AvgIpc) is 3.30. The van der Waals surface area contributed by atoms with Gasteiger partial charge in [-0.15, -0.1) is 17.9 Å².